The molecule has 1 amide bonds. The van der Waals surface area contributed by atoms with Gasteiger partial charge in [0.1, 0.15) is 0 Å². The van der Waals surface area contributed by atoms with Crippen molar-refractivity contribution >= 4 is 23.4 Å². The topological polar surface area (TPSA) is 44.8 Å². The first-order valence-corrected chi connectivity index (χ1v) is 12.7. The summed E-state index contributed by atoms with van der Waals surface area (Å²) in [5.41, 5.74) is 5.32. The Morgan fingerprint density at radius 3 is 2.56 bits per heavy atom. The molecule has 0 spiro atoms. The van der Waals surface area contributed by atoms with Crippen LogP contribution in [0.3, 0.4) is 0 Å². The lowest BCUT2D eigenvalue weighted by Gasteiger charge is -2.31. The molecule has 2 aliphatic rings. The highest BCUT2D eigenvalue weighted by Crippen LogP contribution is 2.27. The molecule has 0 unspecified atom stereocenters. The predicted molar refractivity (Wildman–Crippen MR) is 141 cm³/mol. The van der Waals surface area contributed by atoms with Crippen LogP contribution < -0.4 is 10.2 Å². The number of ether oxygens (including phenoxy) is 1. The van der Waals surface area contributed by atoms with Crippen molar-refractivity contribution in [3.63, 3.8) is 0 Å². The maximum atomic E-state index is 13.8. The molecular formula is C29H39N3O2. The quantitative estimate of drug-likeness (QED) is 0.585. The minimum absolute atomic E-state index is 0.123. The highest BCUT2D eigenvalue weighted by atomic mass is 16.5. The third kappa shape index (κ3) is 6.28. The number of carbonyl (C=O) groups is 1. The van der Waals surface area contributed by atoms with Gasteiger partial charge < -0.3 is 15.0 Å². The summed E-state index contributed by atoms with van der Waals surface area (Å²) in [6, 6.07) is 17.4. The number of amides is 1. The Bertz CT molecular complexity index is 977. The van der Waals surface area contributed by atoms with E-state index in [9.17, 15) is 4.79 Å². The van der Waals surface area contributed by atoms with Crippen LogP contribution in [0, 0.1) is 5.92 Å². The summed E-state index contributed by atoms with van der Waals surface area (Å²) in [4.78, 5) is 18.2. The second-order valence-electron chi connectivity index (χ2n) is 10.0. The van der Waals surface area contributed by atoms with Crippen LogP contribution in [0.25, 0.3) is 6.08 Å². The predicted octanol–water partition coefficient (Wildman–Crippen LogP) is 5.58. The third-order valence-electron chi connectivity index (χ3n) is 6.79. The number of nitrogens with zero attached hydrogens (tertiary/aromatic N) is 2. The molecular weight excluding hydrogens is 422 g/mol. The van der Waals surface area contributed by atoms with Gasteiger partial charge in [-0.05, 0) is 74.1 Å². The summed E-state index contributed by atoms with van der Waals surface area (Å²) in [5.74, 6) is 0.504. The number of benzene rings is 2. The summed E-state index contributed by atoms with van der Waals surface area (Å²) in [7, 11) is 2.20. The van der Waals surface area contributed by atoms with Gasteiger partial charge in [0.05, 0.1) is 0 Å². The van der Waals surface area contributed by atoms with E-state index in [1.165, 1.54) is 5.56 Å². The Morgan fingerprint density at radius 1 is 1.09 bits per heavy atom. The van der Waals surface area contributed by atoms with E-state index >= 15 is 0 Å². The summed E-state index contributed by atoms with van der Waals surface area (Å²) in [5, 5.41) is 3.48. The first-order valence-electron chi connectivity index (χ1n) is 12.7. The molecule has 1 N–H and O–H groups in total. The molecule has 0 saturated carbocycles. The van der Waals surface area contributed by atoms with Gasteiger partial charge in [-0.1, -0.05) is 44.2 Å². The SMILES string of the molecule is CC(C)CN(C(=O)/C1=C/c2ccccc2NCCC1)c1ccc(CN(C)C2CCOCC2)cc1. The molecule has 34 heavy (non-hydrogen) atoms. The number of rotatable bonds is 7. The van der Waals surface area contributed by atoms with Crippen molar-refractivity contribution in [1.29, 1.82) is 0 Å². The van der Waals surface area contributed by atoms with Crippen molar-refractivity contribution in [2.75, 3.05) is 43.6 Å². The third-order valence-corrected chi connectivity index (χ3v) is 6.79. The number of anilines is 2. The molecule has 2 aromatic carbocycles. The van der Waals surface area contributed by atoms with Gasteiger partial charge in [-0.3, -0.25) is 9.69 Å². The van der Waals surface area contributed by atoms with E-state index in [2.05, 4.69) is 73.6 Å². The number of hydrogen-bond donors (Lipinski definition) is 1. The van der Waals surface area contributed by atoms with Gasteiger partial charge in [-0.2, -0.15) is 0 Å². The fourth-order valence-electron chi connectivity index (χ4n) is 4.88. The van der Waals surface area contributed by atoms with E-state index < -0.39 is 0 Å². The van der Waals surface area contributed by atoms with Gasteiger partial charge in [0.15, 0.2) is 0 Å². The zero-order valence-electron chi connectivity index (χ0n) is 20.9. The molecule has 1 fully saturated rings. The van der Waals surface area contributed by atoms with Crippen molar-refractivity contribution in [2.45, 2.75) is 52.1 Å². The summed E-state index contributed by atoms with van der Waals surface area (Å²) < 4.78 is 5.51. The summed E-state index contributed by atoms with van der Waals surface area (Å²) >= 11 is 0. The summed E-state index contributed by atoms with van der Waals surface area (Å²) in [6.45, 7) is 8.55. The number of hydrogen-bond acceptors (Lipinski definition) is 4. The van der Waals surface area contributed by atoms with Crippen molar-refractivity contribution in [1.82, 2.24) is 4.90 Å². The maximum absolute atomic E-state index is 13.8. The Labute approximate surface area is 204 Å². The highest BCUT2D eigenvalue weighted by Gasteiger charge is 2.23. The smallest absolute Gasteiger partial charge is 0.254 e. The molecule has 1 saturated heterocycles. The molecule has 5 heteroatoms. The van der Waals surface area contributed by atoms with Crippen LogP contribution in [-0.4, -0.2) is 50.2 Å². The second kappa shape index (κ2) is 11.7. The van der Waals surface area contributed by atoms with Gasteiger partial charge in [-0.15, -0.1) is 0 Å². The van der Waals surface area contributed by atoms with E-state index in [0.29, 0.717) is 18.5 Å². The van der Waals surface area contributed by atoms with E-state index in [1.807, 2.05) is 17.0 Å². The Kier molecular flexibility index (Phi) is 8.41. The molecule has 0 aliphatic carbocycles. The van der Waals surface area contributed by atoms with Crippen molar-refractivity contribution in [3.05, 3.63) is 65.2 Å². The van der Waals surface area contributed by atoms with Gasteiger partial charge in [0.2, 0.25) is 0 Å². The molecule has 2 heterocycles. The van der Waals surface area contributed by atoms with Crippen molar-refractivity contribution < 1.29 is 9.53 Å². The van der Waals surface area contributed by atoms with Gasteiger partial charge in [0.25, 0.3) is 5.91 Å². The zero-order chi connectivity index (χ0) is 23.9. The first-order chi connectivity index (χ1) is 16.5. The van der Waals surface area contributed by atoms with Gasteiger partial charge in [0, 0.05) is 55.8 Å². The Hall–Kier alpha value is -2.63. The first kappa shape index (κ1) is 24.5. The monoisotopic (exact) mass is 461 g/mol. The van der Waals surface area contributed by atoms with Crippen LogP contribution in [0.1, 0.15) is 50.7 Å². The minimum Gasteiger partial charge on any atom is -0.385 e. The van der Waals surface area contributed by atoms with Crippen LogP contribution in [0.2, 0.25) is 0 Å². The van der Waals surface area contributed by atoms with E-state index in [-0.39, 0.29) is 5.91 Å². The highest BCUT2D eigenvalue weighted by molar-refractivity contribution is 6.08. The number of fused-ring (bicyclic) bond motifs is 1. The van der Waals surface area contributed by atoms with Gasteiger partial charge >= 0.3 is 0 Å². The summed E-state index contributed by atoms with van der Waals surface area (Å²) in [6.07, 6.45) is 5.99. The Morgan fingerprint density at radius 2 is 1.82 bits per heavy atom. The molecule has 0 aromatic heterocycles. The van der Waals surface area contributed by atoms with Crippen molar-refractivity contribution in [3.8, 4) is 0 Å². The zero-order valence-corrected chi connectivity index (χ0v) is 20.9. The molecule has 182 valence electrons. The average Bonchev–Trinajstić information content (AvgIpc) is 2.83. The van der Waals surface area contributed by atoms with Gasteiger partial charge in [-0.25, -0.2) is 0 Å². The van der Waals surface area contributed by atoms with E-state index in [0.717, 1.165) is 74.5 Å². The fraction of sp³-hybridized carbons (Fsp3) is 0.483. The minimum atomic E-state index is 0.123. The molecule has 0 bridgehead atoms. The van der Waals surface area contributed by atoms with Crippen LogP contribution >= 0.6 is 0 Å². The number of para-hydroxylation sites is 1. The Balaban J connectivity index is 1.53. The second-order valence-corrected chi connectivity index (χ2v) is 10.0. The number of nitrogens with one attached hydrogen (secondary N) is 1. The average molecular weight is 462 g/mol. The lowest BCUT2D eigenvalue weighted by Crippen LogP contribution is -2.36. The largest absolute Gasteiger partial charge is 0.385 e. The van der Waals surface area contributed by atoms with Crippen LogP contribution in [0.4, 0.5) is 11.4 Å². The standard InChI is InChI=1S/C29H39N3O2/c1-22(2)20-32(29(33)25-8-6-16-30-28-9-5-4-7-24(28)19-25)27-12-10-23(11-13-27)21-31(3)26-14-17-34-18-15-26/h4-5,7,9-13,19,22,26,30H,6,8,14-18,20-21H2,1-3H3/b25-19+. The van der Waals surface area contributed by atoms with E-state index in [4.69, 9.17) is 4.74 Å². The van der Waals surface area contributed by atoms with Crippen LogP contribution in [0.5, 0.6) is 0 Å². The van der Waals surface area contributed by atoms with Crippen LogP contribution in [0.15, 0.2) is 54.1 Å². The molecule has 0 radical (unpaired) electrons. The number of carbonyl (C=O) groups excluding carboxylic acids is 1. The molecule has 2 aliphatic heterocycles. The molecule has 4 rings (SSSR count). The normalized spacial score (nSPS) is 18.4. The molecule has 5 nitrogen and oxygen atoms in total. The lowest BCUT2D eigenvalue weighted by atomic mass is 10.0. The fourth-order valence-corrected chi connectivity index (χ4v) is 4.88. The molecule has 2 aromatic rings. The van der Waals surface area contributed by atoms with Crippen molar-refractivity contribution in [2.24, 2.45) is 5.92 Å². The lowest BCUT2D eigenvalue weighted by molar-refractivity contribution is -0.115. The maximum Gasteiger partial charge on any atom is 0.254 e. The van der Waals surface area contributed by atoms with Crippen LogP contribution in [-0.2, 0) is 16.1 Å². The van der Waals surface area contributed by atoms with E-state index in [1.54, 1.807) is 0 Å². The molecule has 0 atom stereocenters.